The molecular formula is C17H24N4O2S. The van der Waals surface area contributed by atoms with Crippen LogP contribution in [-0.2, 0) is 6.42 Å². The molecule has 1 unspecified atom stereocenters. The fourth-order valence-electron chi connectivity index (χ4n) is 3.36. The fourth-order valence-corrected chi connectivity index (χ4v) is 4.33. The molecule has 3 rings (SSSR count). The number of nitrogens with zero attached hydrogens (tertiary/aromatic N) is 2. The first-order valence-corrected chi connectivity index (χ1v) is 9.28. The molecule has 3 heterocycles. The third-order valence-electron chi connectivity index (χ3n) is 4.51. The Hall–Kier alpha value is -1.86. The second-order valence-electron chi connectivity index (χ2n) is 6.42. The Bertz CT molecular complexity index is 759. The van der Waals surface area contributed by atoms with Gasteiger partial charge in [0, 0.05) is 24.5 Å². The highest BCUT2D eigenvalue weighted by atomic mass is 32.1. The Kier molecular flexibility index (Phi) is 4.91. The number of nitrogen functional groups attached to an aromatic ring is 1. The summed E-state index contributed by atoms with van der Waals surface area (Å²) < 4.78 is 0. The minimum Gasteiger partial charge on any atom is -0.477 e. The van der Waals surface area contributed by atoms with E-state index in [1.807, 2.05) is 0 Å². The Balaban J connectivity index is 2.10. The highest BCUT2D eigenvalue weighted by Gasteiger charge is 2.22. The van der Waals surface area contributed by atoms with Gasteiger partial charge in [0.05, 0.1) is 5.69 Å². The molecule has 0 aromatic carbocycles. The SMILES string of the molecule is CCCc1cc(N2CCCCC(N)C2)nc2sc(C(=O)O)c(N)c12. The molecule has 1 aliphatic heterocycles. The molecule has 0 radical (unpaired) electrons. The summed E-state index contributed by atoms with van der Waals surface area (Å²) in [5.74, 6) is -0.0993. The molecule has 0 bridgehead atoms. The van der Waals surface area contributed by atoms with Crippen LogP contribution in [-0.4, -0.2) is 35.2 Å². The lowest BCUT2D eigenvalue weighted by Gasteiger charge is -2.24. The smallest absolute Gasteiger partial charge is 0.348 e. The van der Waals surface area contributed by atoms with Crippen LogP contribution < -0.4 is 16.4 Å². The Morgan fingerprint density at radius 2 is 2.29 bits per heavy atom. The lowest BCUT2D eigenvalue weighted by molar-refractivity contribution is 0.0703. The van der Waals surface area contributed by atoms with Crippen molar-refractivity contribution in [2.24, 2.45) is 5.73 Å². The lowest BCUT2D eigenvalue weighted by atomic mass is 10.1. The maximum absolute atomic E-state index is 11.4. The first-order valence-electron chi connectivity index (χ1n) is 8.47. The molecule has 5 N–H and O–H groups in total. The summed E-state index contributed by atoms with van der Waals surface area (Å²) in [5.41, 5.74) is 13.7. The molecule has 24 heavy (non-hydrogen) atoms. The summed E-state index contributed by atoms with van der Waals surface area (Å²) in [6, 6.07) is 2.22. The van der Waals surface area contributed by atoms with Gasteiger partial charge in [-0.25, -0.2) is 9.78 Å². The molecule has 0 amide bonds. The average molecular weight is 348 g/mol. The van der Waals surface area contributed by atoms with Crippen molar-refractivity contribution in [2.75, 3.05) is 23.7 Å². The zero-order valence-electron chi connectivity index (χ0n) is 13.9. The number of anilines is 2. The molecule has 0 aliphatic carbocycles. The number of carboxylic acids is 1. The van der Waals surface area contributed by atoms with E-state index in [-0.39, 0.29) is 10.9 Å². The summed E-state index contributed by atoms with van der Waals surface area (Å²) in [7, 11) is 0. The maximum Gasteiger partial charge on any atom is 0.348 e. The molecule has 0 spiro atoms. The number of thiophene rings is 1. The molecule has 1 aliphatic rings. The molecule has 1 fully saturated rings. The number of hydrogen-bond acceptors (Lipinski definition) is 6. The van der Waals surface area contributed by atoms with Gasteiger partial charge in [-0.1, -0.05) is 19.8 Å². The van der Waals surface area contributed by atoms with Gasteiger partial charge in [-0.3, -0.25) is 0 Å². The van der Waals surface area contributed by atoms with Crippen molar-refractivity contribution >= 4 is 39.0 Å². The van der Waals surface area contributed by atoms with Gasteiger partial charge in [0.15, 0.2) is 0 Å². The molecule has 7 heteroatoms. The number of rotatable bonds is 4. The van der Waals surface area contributed by atoms with Crippen LogP contribution in [0.4, 0.5) is 11.5 Å². The average Bonchev–Trinajstić information content (AvgIpc) is 2.73. The van der Waals surface area contributed by atoms with E-state index in [9.17, 15) is 9.90 Å². The van der Waals surface area contributed by atoms with Crippen LogP contribution in [0.2, 0.25) is 0 Å². The van der Waals surface area contributed by atoms with Gasteiger partial charge in [-0.15, -0.1) is 11.3 Å². The quantitative estimate of drug-likeness (QED) is 0.784. The second-order valence-corrected chi connectivity index (χ2v) is 7.42. The first-order chi connectivity index (χ1) is 11.5. The summed E-state index contributed by atoms with van der Waals surface area (Å²) in [6.07, 6.45) is 5.09. The molecular weight excluding hydrogens is 324 g/mol. The Labute approximate surface area is 145 Å². The summed E-state index contributed by atoms with van der Waals surface area (Å²) >= 11 is 1.16. The van der Waals surface area contributed by atoms with E-state index in [1.165, 1.54) is 0 Å². The van der Waals surface area contributed by atoms with E-state index in [4.69, 9.17) is 16.5 Å². The number of carboxylic acid groups (broad SMARTS) is 1. The fraction of sp³-hybridized carbons (Fsp3) is 0.529. The normalized spacial score (nSPS) is 18.8. The zero-order chi connectivity index (χ0) is 17.3. The van der Waals surface area contributed by atoms with Gasteiger partial charge in [-0.2, -0.15) is 0 Å². The van der Waals surface area contributed by atoms with Crippen LogP contribution in [0.3, 0.4) is 0 Å². The second kappa shape index (κ2) is 6.94. The maximum atomic E-state index is 11.4. The molecule has 6 nitrogen and oxygen atoms in total. The van der Waals surface area contributed by atoms with Crippen LogP contribution >= 0.6 is 11.3 Å². The number of nitrogens with two attached hydrogens (primary N) is 2. The van der Waals surface area contributed by atoms with Crippen LogP contribution in [0.1, 0.15) is 47.8 Å². The van der Waals surface area contributed by atoms with Gasteiger partial charge in [0.2, 0.25) is 0 Å². The molecule has 2 aromatic rings. The van der Waals surface area contributed by atoms with E-state index >= 15 is 0 Å². The molecule has 130 valence electrons. The van der Waals surface area contributed by atoms with E-state index in [0.717, 1.165) is 73.3 Å². The predicted octanol–water partition coefficient (Wildman–Crippen LogP) is 2.85. The number of aromatic nitrogens is 1. The van der Waals surface area contributed by atoms with Crippen molar-refractivity contribution in [3.8, 4) is 0 Å². The van der Waals surface area contributed by atoms with Crippen molar-refractivity contribution in [1.82, 2.24) is 4.98 Å². The topological polar surface area (TPSA) is 105 Å². The van der Waals surface area contributed by atoms with Crippen molar-refractivity contribution < 1.29 is 9.90 Å². The number of aryl methyl sites for hydroxylation is 1. The largest absolute Gasteiger partial charge is 0.477 e. The molecule has 2 aromatic heterocycles. The lowest BCUT2D eigenvalue weighted by Crippen LogP contribution is -2.36. The Morgan fingerprint density at radius 1 is 1.50 bits per heavy atom. The minimum absolute atomic E-state index is 0.155. The van der Waals surface area contributed by atoms with Crippen molar-refractivity contribution in [3.63, 3.8) is 0 Å². The van der Waals surface area contributed by atoms with Crippen molar-refractivity contribution in [3.05, 3.63) is 16.5 Å². The van der Waals surface area contributed by atoms with Crippen LogP contribution in [0.15, 0.2) is 6.07 Å². The van der Waals surface area contributed by atoms with Crippen LogP contribution in [0.5, 0.6) is 0 Å². The van der Waals surface area contributed by atoms with Gasteiger partial charge in [-0.05, 0) is 30.9 Å². The van der Waals surface area contributed by atoms with Crippen LogP contribution in [0, 0.1) is 0 Å². The van der Waals surface area contributed by atoms with E-state index in [0.29, 0.717) is 10.5 Å². The number of hydrogen-bond donors (Lipinski definition) is 3. The van der Waals surface area contributed by atoms with Gasteiger partial charge >= 0.3 is 5.97 Å². The highest BCUT2D eigenvalue weighted by Crippen LogP contribution is 2.37. The Morgan fingerprint density at radius 3 is 3.00 bits per heavy atom. The van der Waals surface area contributed by atoms with E-state index in [2.05, 4.69) is 17.9 Å². The summed E-state index contributed by atoms with van der Waals surface area (Å²) in [5, 5.41) is 10.2. The number of pyridine rings is 1. The van der Waals surface area contributed by atoms with Gasteiger partial charge < -0.3 is 21.5 Å². The van der Waals surface area contributed by atoms with Crippen molar-refractivity contribution in [2.45, 2.75) is 45.1 Å². The van der Waals surface area contributed by atoms with E-state index < -0.39 is 5.97 Å². The standard InChI is InChI=1S/C17H24N4O2S/c1-2-5-10-8-12(21-7-4-3-6-11(18)9-21)20-16-13(10)14(19)15(24-16)17(22)23/h8,11H,2-7,9,18-19H2,1H3,(H,22,23). The third-order valence-corrected chi connectivity index (χ3v) is 5.60. The van der Waals surface area contributed by atoms with Crippen LogP contribution in [0.25, 0.3) is 10.2 Å². The molecule has 1 atom stereocenters. The molecule has 0 saturated carbocycles. The third kappa shape index (κ3) is 3.18. The zero-order valence-corrected chi connectivity index (χ0v) is 14.7. The monoisotopic (exact) mass is 348 g/mol. The number of aromatic carboxylic acids is 1. The predicted molar refractivity (Wildman–Crippen MR) is 99.0 cm³/mol. The molecule has 1 saturated heterocycles. The number of fused-ring (bicyclic) bond motifs is 1. The van der Waals surface area contributed by atoms with Gasteiger partial charge in [0.25, 0.3) is 0 Å². The number of carbonyl (C=O) groups is 1. The van der Waals surface area contributed by atoms with E-state index in [1.54, 1.807) is 0 Å². The van der Waals surface area contributed by atoms with Crippen molar-refractivity contribution in [1.29, 1.82) is 0 Å². The minimum atomic E-state index is -0.990. The van der Waals surface area contributed by atoms with Gasteiger partial charge in [0.1, 0.15) is 15.5 Å². The highest BCUT2D eigenvalue weighted by molar-refractivity contribution is 7.21. The first kappa shape index (κ1) is 17.0. The summed E-state index contributed by atoms with van der Waals surface area (Å²) in [6.45, 7) is 3.83. The summed E-state index contributed by atoms with van der Waals surface area (Å²) in [4.78, 5) is 19.3.